The molecular weight excluding hydrogens is 1200 g/mol. The predicted molar refractivity (Wildman–Crippen MR) is 410 cm³/mol. The van der Waals surface area contributed by atoms with Gasteiger partial charge >= 0.3 is 0 Å². The Morgan fingerprint density at radius 3 is 1.24 bits per heavy atom. The number of anilines is 6. The molecule has 0 spiro atoms. The van der Waals surface area contributed by atoms with Crippen LogP contribution in [0.15, 0.2) is 352 Å². The zero-order valence-electron chi connectivity index (χ0n) is 52.1. The molecule has 0 aliphatic rings. The SMILES string of the molecule is c1ccc(-c2ccc(N(c3ccc(-c4cc(-c5cccc(-c6ccc(N(c7ccc(-c8cccc9ccccc89)cc7)c7ccc(-c8cccc9c8sc8ncccc89)cc7)cc6)c5)cc5ccccc45)cc3)c3ccc(-c4cccc5sc6ncccc6c45)cc3)cc2)cc1. The van der Waals surface area contributed by atoms with Crippen LogP contribution in [0.1, 0.15) is 0 Å². The van der Waals surface area contributed by atoms with Gasteiger partial charge in [0.1, 0.15) is 9.66 Å². The van der Waals surface area contributed by atoms with Crippen molar-refractivity contribution in [3.8, 4) is 77.9 Å². The monoisotopic (exact) mass is 1260 g/mol. The molecule has 96 heavy (non-hydrogen) atoms. The van der Waals surface area contributed by atoms with Crippen LogP contribution < -0.4 is 9.80 Å². The minimum absolute atomic E-state index is 1.06. The molecule has 0 amide bonds. The number of pyridine rings is 2. The molecule has 0 unspecified atom stereocenters. The summed E-state index contributed by atoms with van der Waals surface area (Å²) >= 11 is 3.51. The van der Waals surface area contributed by atoms with Crippen LogP contribution in [0.3, 0.4) is 0 Å². The number of aromatic nitrogens is 2. The highest BCUT2D eigenvalue weighted by molar-refractivity contribution is 7.26. The van der Waals surface area contributed by atoms with Crippen molar-refractivity contribution in [2.45, 2.75) is 0 Å². The van der Waals surface area contributed by atoms with E-state index in [1.807, 2.05) is 24.5 Å². The summed E-state index contributed by atoms with van der Waals surface area (Å²) in [5, 5.41) is 9.78. The Hall–Kier alpha value is -12.1. The van der Waals surface area contributed by atoms with Crippen LogP contribution in [0.25, 0.3) is 140 Å². The van der Waals surface area contributed by atoms with Crippen molar-refractivity contribution in [1.82, 2.24) is 9.97 Å². The van der Waals surface area contributed by atoms with Crippen LogP contribution in [-0.4, -0.2) is 9.97 Å². The smallest absolute Gasteiger partial charge is 0.124 e. The van der Waals surface area contributed by atoms with E-state index >= 15 is 0 Å². The summed E-state index contributed by atoms with van der Waals surface area (Å²) in [6.45, 7) is 0. The van der Waals surface area contributed by atoms with Gasteiger partial charge in [-0.15, -0.1) is 22.7 Å². The van der Waals surface area contributed by atoms with E-state index in [2.05, 4.69) is 337 Å². The molecule has 6 heteroatoms. The van der Waals surface area contributed by atoms with E-state index < -0.39 is 0 Å². The number of rotatable bonds is 13. The highest BCUT2D eigenvalue weighted by atomic mass is 32.1. The first kappa shape index (κ1) is 56.7. The molecule has 4 nitrogen and oxygen atoms in total. The van der Waals surface area contributed by atoms with Crippen LogP contribution in [0, 0.1) is 0 Å². The topological polar surface area (TPSA) is 32.3 Å². The van der Waals surface area contributed by atoms with Crippen LogP contribution in [0.2, 0.25) is 0 Å². The van der Waals surface area contributed by atoms with Gasteiger partial charge in [-0.1, -0.05) is 218 Å². The molecule has 18 aromatic rings. The summed E-state index contributed by atoms with van der Waals surface area (Å²) in [6.07, 6.45) is 3.77. The molecule has 4 aromatic heterocycles. The maximum absolute atomic E-state index is 4.72. The molecule has 450 valence electrons. The molecule has 0 N–H and O–H groups in total. The van der Waals surface area contributed by atoms with E-state index in [0.717, 1.165) is 71.6 Å². The van der Waals surface area contributed by atoms with E-state index in [9.17, 15) is 0 Å². The molecule has 0 fully saturated rings. The molecule has 18 rings (SSSR count). The number of nitrogens with zero attached hydrogens (tertiary/aromatic N) is 4. The maximum Gasteiger partial charge on any atom is 0.124 e. The zero-order chi connectivity index (χ0) is 63.5. The van der Waals surface area contributed by atoms with Crippen LogP contribution in [0.4, 0.5) is 34.1 Å². The molecule has 0 aliphatic heterocycles. The van der Waals surface area contributed by atoms with Gasteiger partial charge in [-0.05, 0) is 221 Å². The minimum atomic E-state index is 1.06. The number of benzene rings is 14. The van der Waals surface area contributed by atoms with E-state index in [0.29, 0.717) is 0 Å². The third kappa shape index (κ3) is 10.3. The second kappa shape index (κ2) is 24.1. The van der Waals surface area contributed by atoms with Crippen LogP contribution in [-0.2, 0) is 0 Å². The molecule has 14 aromatic carbocycles. The second-order valence-electron chi connectivity index (χ2n) is 24.4. The molecular formula is C90H58N4S2. The number of hydrogen-bond acceptors (Lipinski definition) is 6. The fraction of sp³-hybridized carbons (Fsp3) is 0. The standard InChI is InChI=1S/C90H58N4S2/c1-2-14-59(15-3-1)60-30-42-71(43-31-60)93(74-48-36-64(37-49-74)80-24-11-29-86-87(80)84-28-13-55-92-90(84)95-86)76-52-40-66(41-53-76)85-58-70(57-69-17-5-7-22-79(69)85)68-20-8-19-67(56-68)61-32-44-72(45-33-61)94(73-46-34-63(35-47-73)78-23-9-18-62-16-4-6-21-77(62)78)75-50-38-65(39-51-75)81-25-10-26-82-83-27-12-54-91-89(83)96-88(81)82/h1-58H. The Balaban J connectivity index is 0.670. The summed E-state index contributed by atoms with van der Waals surface area (Å²) in [7, 11) is 0. The highest BCUT2D eigenvalue weighted by Crippen LogP contribution is 2.46. The Kier molecular flexibility index (Phi) is 14.2. The van der Waals surface area contributed by atoms with Crippen molar-refractivity contribution in [2.75, 3.05) is 9.80 Å². The summed E-state index contributed by atoms with van der Waals surface area (Å²) < 4.78 is 2.50. The summed E-state index contributed by atoms with van der Waals surface area (Å²) in [6, 6.07) is 124. The Morgan fingerprint density at radius 2 is 0.615 bits per heavy atom. The Morgan fingerprint density at radius 1 is 0.219 bits per heavy atom. The molecule has 0 radical (unpaired) electrons. The lowest BCUT2D eigenvalue weighted by molar-refractivity contribution is 1.28. The lowest BCUT2D eigenvalue weighted by Gasteiger charge is -2.26. The van der Waals surface area contributed by atoms with Gasteiger partial charge in [0.15, 0.2) is 0 Å². The largest absolute Gasteiger partial charge is 0.311 e. The summed E-state index contributed by atoms with van der Waals surface area (Å²) in [4.78, 5) is 16.3. The van der Waals surface area contributed by atoms with Crippen molar-refractivity contribution in [1.29, 1.82) is 0 Å². The zero-order valence-corrected chi connectivity index (χ0v) is 53.7. The average Bonchev–Trinajstić information content (AvgIpc) is 1.09. The molecule has 0 saturated carbocycles. The Labute approximate surface area is 564 Å². The molecule has 0 bridgehead atoms. The van der Waals surface area contributed by atoms with Gasteiger partial charge in [-0.25, -0.2) is 9.97 Å². The molecule has 0 atom stereocenters. The Bertz CT molecular complexity index is 5920. The lowest BCUT2D eigenvalue weighted by atomic mass is 9.92. The first-order chi connectivity index (χ1) is 47.6. The predicted octanol–water partition coefficient (Wildman–Crippen LogP) is 26.1. The van der Waals surface area contributed by atoms with E-state index in [-0.39, 0.29) is 0 Å². The molecule has 0 saturated heterocycles. The van der Waals surface area contributed by atoms with Crippen molar-refractivity contribution in [3.05, 3.63) is 352 Å². The van der Waals surface area contributed by atoms with Gasteiger partial charge in [0.25, 0.3) is 0 Å². The minimum Gasteiger partial charge on any atom is -0.311 e. The number of hydrogen-bond donors (Lipinski definition) is 0. The van der Waals surface area contributed by atoms with Crippen molar-refractivity contribution < 1.29 is 0 Å². The fourth-order valence-electron chi connectivity index (χ4n) is 14.1. The highest BCUT2D eigenvalue weighted by Gasteiger charge is 2.20. The average molecular weight is 1260 g/mol. The van der Waals surface area contributed by atoms with Crippen LogP contribution >= 0.6 is 22.7 Å². The summed E-state index contributed by atoms with van der Waals surface area (Å²) in [5.74, 6) is 0. The molecule has 4 heterocycles. The van der Waals surface area contributed by atoms with Gasteiger partial charge in [0, 0.05) is 77.5 Å². The van der Waals surface area contributed by atoms with Crippen molar-refractivity contribution in [2.24, 2.45) is 0 Å². The quantitative estimate of drug-likeness (QED) is 0.115. The van der Waals surface area contributed by atoms with Crippen molar-refractivity contribution in [3.63, 3.8) is 0 Å². The first-order valence-corrected chi connectivity index (χ1v) is 34.1. The van der Waals surface area contributed by atoms with E-state index in [1.54, 1.807) is 22.7 Å². The maximum atomic E-state index is 4.72. The number of fused-ring (bicyclic) bond motifs is 8. The van der Waals surface area contributed by atoms with Gasteiger partial charge in [0.2, 0.25) is 0 Å². The van der Waals surface area contributed by atoms with Crippen molar-refractivity contribution >= 4 is 119 Å². The van der Waals surface area contributed by atoms with E-state index in [1.165, 1.54) is 103 Å². The van der Waals surface area contributed by atoms with Gasteiger partial charge in [0.05, 0.1) is 0 Å². The first-order valence-electron chi connectivity index (χ1n) is 32.5. The van der Waals surface area contributed by atoms with Gasteiger partial charge in [-0.2, -0.15) is 0 Å². The second-order valence-corrected chi connectivity index (χ2v) is 26.5. The summed E-state index contributed by atoms with van der Waals surface area (Å²) in [5.41, 5.74) is 22.9. The lowest BCUT2D eigenvalue weighted by Crippen LogP contribution is -2.09. The fourth-order valence-corrected chi connectivity index (χ4v) is 16.4. The normalized spacial score (nSPS) is 11.5. The van der Waals surface area contributed by atoms with E-state index in [4.69, 9.17) is 9.97 Å². The third-order valence-electron chi connectivity index (χ3n) is 18.8. The third-order valence-corrected chi connectivity index (χ3v) is 21.1. The van der Waals surface area contributed by atoms with Gasteiger partial charge in [-0.3, -0.25) is 0 Å². The van der Waals surface area contributed by atoms with Gasteiger partial charge < -0.3 is 9.80 Å². The molecule has 0 aliphatic carbocycles. The van der Waals surface area contributed by atoms with Crippen LogP contribution in [0.5, 0.6) is 0 Å². The number of thiophene rings is 2.